The Balaban J connectivity index is 0.719. The molecule has 358 valence electrons. The summed E-state index contributed by atoms with van der Waals surface area (Å²) < 4.78 is 66.4. The molecule has 8 fully saturated rings. The number of nitrogens with one attached hydrogen (secondary N) is 4. The van der Waals surface area contributed by atoms with Gasteiger partial charge in [0.15, 0.2) is 0 Å². The van der Waals surface area contributed by atoms with E-state index in [-0.39, 0.29) is 73.5 Å². The van der Waals surface area contributed by atoms with Crippen LogP contribution < -0.4 is 10.6 Å². The van der Waals surface area contributed by atoms with E-state index in [2.05, 4.69) is 27.5 Å². The second-order valence-electron chi connectivity index (χ2n) is 20.9. The third-order valence-corrected chi connectivity index (χ3v) is 17.7. The van der Waals surface area contributed by atoms with Crippen molar-refractivity contribution in [3.8, 4) is 33.6 Å². The van der Waals surface area contributed by atoms with E-state index in [0.717, 1.165) is 52.9 Å². The summed E-state index contributed by atoms with van der Waals surface area (Å²) in [5, 5.41) is 5.42. The van der Waals surface area contributed by atoms with Crippen molar-refractivity contribution in [3.05, 3.63) is 72.6 Å². The molecule has 0 radical (unpaired) electrons. The van der Waals surface area contributed by atoms with E-state index in [1.165, 1.54) is 14.2 Å². The number of hydrogen-bond acceptors (Lipinski definition) is 8. The smallest absolute Gasteiger partial charge is 0.407 e. The summed E-state index contributed by atoms with van der Waals surface area (Å²) in [5.74, 6) is -7.55. The van der Waals surface area contributed by atoms with Crippen LogP contribution in [0.4, 0.5) is 27.2 Å². The van der Waals surface area contributed by atoms with Crippen LogP contribution in [0.1, 0.15) is 82.0 Å². The van der Waals surface area contributed by atoms with Crippen LogP contribution in [0.25, 0.3) is 33.6 Å². The highest BCUT2D eigenvalue weighted by molar-refractivity contribution is 5.88. The predicted molar refractivity (Wildman–Crippen MR) is 236 cm³/mol. The Morgan fingerprint density at radius 2 is 1.06 bits per heavy atom. The molecule has 13 atom stereocenters. The van der Waals surface area contributed by atoms with Gasteiger partial charge in [0.25, 0.3) is 11.8 Å². The number of piperidine rings is 1. The molecule has 18 heteroatoms. The number of nitrogens with zero attached hydrogens (tertiary/aromatic N) is 4. The Hall–Kier alpha value is -5.94. The number of carbonyl (C=O) groups excluding carboxylic acids is 4. The Labute approximate surface area is 389 Å². The number of aromatic amines is 2. The van der Waals surface area contributed by atoms with Crippen molar-refractivity contribution in [2.75, 3.05) is 14.2 Å². The first-order chi connectivity index (χ1) is 32.7. The monoisotopic (exact) mass is 938 g/mol. The lowest BCUT2D eigenvalue weighted by molar-refractivity contribution is -0.140. The average Bonchev–Trinajstić information content (AvgIpc) is 3.92. The number of likely N-dealkylation sites (tertiary alicyclic amines) is 2. The van der Waals surface area contributed by atoms with Gasteiger partial charge in [0, 0.05) is 35.8 Å². The number of halogens is 4. The van der Waals surface area contributed by atoms with Crippen molar-refractivity contribution >= 4 is 24.0 Å². The van der Waals surface area contributed by atoms with Crippen molar-refractivity contribution in [2.24, 2.45) is 53.3 Å². The lowest BCUT2D eigenvalue weighted by atomic mass is 9.80. The maximum atomic E-state index is 14.4. The van der Waals surface area contributed by atoms with Gasteiger partial charge in [-0.2, -0.15) is 0 Å². The third kappa shape index (κ3) is 6.84. The van der Waals surface area contributed by atoms with E-state index in [0.29, 0.717) is 24.0 Å². The Morgan fingerprint density at radius 1 is 0.632 bits per heavy atom. The summed E-state index contributed by atoms with van der Waals surface area (Å²) in [4.78, 5) is 73.8. The number of benzene rings is 2. The van der Waals surface area contributed by atoms with E-state index in [1.54, 1.807) is 12.4 Å². The topological polar surface area (TPSA) is 175 Å². The number of rotatable bonds is 11. The molecule has 8 aliphatic rings. The number of alkyl carbamates (subject to hydrolysis) is 2. The first-order valence-corrected chi connectivity index (χ1v) is 24.1. The second kappa shape index (κ2) is 15.5. The number of carbonyl (C=O) groups is 4. The highest BCUT2D eigenvalue weighted by Gasteiger charge is 2.74. The Bertz CT molecular complexity index is 2650. The van der Waals surface area contributed by atoms with Crippen LogP contribution >= 0.6 is 0 Å². The first-order valence-electron chi connectivity index (χ1n) is 24.1. The van der Waals surface area contributed by atoms with Gasteiger partial charge in [0.05, 0.1) is 50.1 Å². The van der Waals surface area contributed by atoms with Gasteiger partial charge in [0.2, 0.25) is 11.8 Å². The maximum absolute atomic E-state index is 14.4. The second-order valence-corrected chi connectivity index (χ2v) is 20.9. The van der Waals surface area contributed by atoms with Gasteiger partial charge < -0.3 is 39.9 Å². The molecular formula is C50H54F4N8O6. The zero-order chi connectivity index (χ0) is 47.1. The summed E-state index contributed by atoms with van der Waals surface area (Å²) in [5.41, 5.74) is 5.37. The molecular weight excluding hydrogens is 885 g/mol. The van der Waals surface area contributed by atoms with Crippen LogP contribution in [0.3, 0.4) is 0 Å². The van der Waals surface area contributed by atoms with Gasteiger partial charge in [-0.1, -0.05) is 55.5 Å². The number of hydrogen-bond donors (Lipinski definition) is 4. The number of fused-ring (bicyclic) bond motifs is 4. The summed E-state index contributed by atoms with van der Waals surface area (Å²) in [6, 6.07) is 13.5. The van der Waals surface area contributed by atoms with Gasteiger partial charge in [-0.05, 0) is 103 Å². The molecule has 6 aliphatic carbocycles. The average molecular weight is 939 g/mol. The quantitative estimate of drug-likeness (QED) is 0.109. The molecule has 4 heterocycles. The fourth-order valence-electron chi connectivity index (χ4n) is 13.5. The number of alkyl halides is 4. The molecule has 0 bridgehead atoms. The molecule has 4 N–H and O–H groups in total. The molecule has 14 nitrogen and oxygen atoms in total. The molecule has 2 aromatic carbocycles. The van der Waals surface area contributed by atoms with E-state index < -0.39 is 71.6 Å². The number of ether oxygens (including phenoxy) is 2. The number of amides is 4. The standard InChI is InChI=1S/C50H54F4N8O6/c1-22-30-19-39(62(42(22)30)46(64)41(60-48(66)68-3)29-16-33-34(17-29)50(33,53)54)44-56-21-36(58-44)26-10-6-24(7-11-26)23-4-8-25(9-5-23)35-20-55-43(57-35)38-18-27-12-13-37(27)61(38)45(63)40(59-47(65)67-2)28-14-31-32(15-28)49(31,51)52/h4-11,20-22,27-34,37-42H,12-19H2,1-3H3,(H,55,57)(H,56,58)(H,59,65)(H,60,66). The summed E-state index contributed by atoms with van der Waals surface area (Å²) >= 11 is 0. The molecule has 12 rings (SSSR count). The fourth-order valence-corrected chi connectivity index (χ4v) is 13.5. The SMILES string of the molecule is COC(=O)NC(C(=O)N1C(c2ncc(-c3ccc(-c4ccc(-c5cnc(C6CC7C(C)C7N6C(=O)C(NC(=O)OC)C6CC7C(C6)C7(F)F)[nH]5)cc4)cc3)[nH]2)CC2CCC21)C1CC2C(C1)C2(F)F. The van der Waals surface area contributed by atoms with Crippen LogP contribution in [0, 0.1) is 53.3 Å². The van der Waals surface area contributed by atoms with Crippen LogP contribution in [0.15, 0.2) is 60.9 Å². The summed E-state index contributed by atoms with van der Waals surface area (Å²) in [6.07, 6.45) is 6.00. The van der Waals surface area contributed by atoms with E-state index in [4.69, 9.17) is 19.4 Å². The zero-order valence-electron chi connectivity index (χ0n) is 37.8. The van der Waals surface area contributed by atoms with Gasteiger partial charge in [-0.15, -0.1) is 0 Å². The molecule has 2 aliphatic heterocycles. The molecule has 0 spiro atoms. The fraction of sp³-hybridized carbons (Fsp3) is 0.560. The number of aromatic nitrogens is 4. The highest BCUT2D eigenvalue weighted by atomic mass is 19.3. The van der Waals surface area contributed by atoms with Crippen LogP contribution in [-0.4, -0.2) is 104 Å². The highest BCUT2D eigenvalue weighted by Crippen LogP contribution is 2.67. The lowest BCUT2D eigenvalue weighted by Gasteiger charge is -2.40. The number of H-pyrrole nitrogens is 2. The van der Waals surface area contributed by atoms with Crippen molar-refractivity contribution < 1.29 is 46.2 Å². The van der Waals surface area contributed by atoms with Crippen molar-refractivity contribution in [1.29, 1.82) is 0 Å². The van der Waals surface area contributed by atoms with E-state index in [1.807, 2.05) is 58.3 Å². The zero-order valence-corrected chi connectivity index (χ0v) is 37.8. The molecule has 4 aromatic rings. The Kier molecular flexibility index (Phi) is 9.90. The van der Waals surface area contributed by atoms with Crippen molar-refractivity contribution in [3.63, 3.8) is 0 Å². The summed E-state index contributed by atoms with van der Waals surface area (Å²) in [6.45, 7) is 2.11. The van der Waals surface area contributed by atoms with Gasteiger partial charge in [-0.25, -0.2) is 37.1 Å². The van der Waals surface area contributed by atoms with Gasteiger partial charge in [0.1, 0.15) is 23.7 Å². The third-order valence-electron chi connectivity index (χ3n) is 17.7. The first kappa shape index (κ1) is 43.3. The van der Waals surface area contributed by atoms with Gasteiger partial charge >= 0.3 is 12.2 Å². The maximum Gasteiger partial charge on any atom is 0.407 e. The van der Waals surface area contributed by atoms with Crippen molar-refractivity contribution in [2.45, 2.75) is 106 Å². The molecule has 4 amide bonds. The summed E-state index contributed by atoms with van der Waals surface area (Å²) in [7, 11) is 2.45. The normalized spacial score (nSPS) is 34.7. The molecule has 13 unspecified atom stereocenters. The molecule has 2 saturated heterocycles. The van der Waals surface area contributed by atoms with Gasteiger partial charge in [-0.3, -0.25) is 9.59 Å². The van der Waals surface area contributed by atoms with Crippen LogP contribution in [-0.2, 0) is 19.1 Å². The molecule has 68 heavy (non-hydrogen) atoms. The minimum absolute atomic E-state index is 0.00385. The largest absolute Gasteiger partial charge is 0.453 e. The van der Waals surface area contributed by atoms with E-state index >= 15 is 0 Å². The lowest BCUT2D eigenvalue weighted by Crippen LogP contribution is -2.55. The Morgan fingerprint density at radius 3 is 1.49 bits per heavy atom. The van der Waals surface area contributed by atoms with Crippen LogP contribution in [0.2, 0.25) is 0 Å². The predicted octanol–water partition coefficient (Wildman–Crippen LogP) is 8.13. The number of imidazole rings is 2. The molecule has 2 aromatic heterocycles. The molecule has 6 saturated carbocycles. The van der Waals surface area contributed by atoms with E-state index in [9.17, 15) is 36.7 Å². The number of methoxy groups -OCH3 is 2. The van der Waals surface area contributed by atoms with Crippen LogP contribution in [0.5, 0.6) is 0 Å². The minimum atomic E-state index is -2.70. The van der Waals surface area contributed by atoms with Crippen molar-refractivity contribution in [1.82, 2.24) is 40.4 Å². The minimum Gasteiger partial charge on any atom is -0.453 e.